The van der Waals surface area contributed by atoms with Gasteiger partial charge in [0.25, 0.3) is 0 Å². The van der Waals surface area contributed by atoms with Crippen molar-refractivity contribution in [3.05, 3.63) is 47.3 Å². The van der Waals surface area contributed by atoms with E-state index in [2.05, 4.69) is 42.5 Å². The van der Waals surface area contributed by atoms with Crippen molar-refractivity contribution in [2.24, 2.45) is 5.41 Å². The SMILES string of the molecule is CC(=O)N[C@@H](Cc1ccc2c(c1)OCO2)[C@H](O)CN[C@H]1C[C@]2(C[C@H](O)C2)Oc2cnc(CC(C)(C)C)cc21. The summed E-state index contributed by atoms with van der Waals surface area (Å²) in [5.41, 5.74) is 2.62. The quantitative estimate of drug-likeness (QED) is 0.415. The Hall–Kier alpha value is -2.88. The highest BCUT2D eigenvalue weighted by atomic mass is 16.7. The maximum Gasteiger partial charge on any atom is 0.231 e. The molecule has 1 saturated carbocycles. The summed E-state index contributed by atoms with van der Waals surface area (Å²) in [6, 6.07) is 7.19. The first-order valence-corrected chi connectivity index (χ1v) is 13.4. The lowest BCUT2D eigenvalue weighted by molar-refractivity contribution is -0.120. The van der Waals surface area contributed by atoms with Crippen LogP contribution >= 0.6 is 0 Å². The van der Waals surface area contributed by atoms with Crippen LogP contribution in [0.3, 0.4) is 0 Å². The second-order valence-electron chi connectivity index (χ2n) is 12.2. The summed E-state index contributed by atoms with van der Waals surface area (Å²) in [5.74, 6) is 1.89. The number of rotatable bonds is 8. The number of nitrogens with zero attached hydrogens (tertiary/aromatic N) is 1. The van der Waals surface area contributed by atoms with E-state index >= 15 is 0 Å². The Bertz CT molecular complexity index is 1170. The molecular formula is C29H39N3O6. The van der Waals surface area contributed by atoms with E-state index in [4.69, 9.17) is 14.2 Å². The third-order valence-corrected chi connectivity index (χ3v) is 7.48. The Kier molecular flexibility index (Phi) is 7.28. The molecule has 1 amide bonds. The van der Waals surface area contributed by atoms with E-state index in [1.165, 1.54) is 6.92 Å². The zero-order chi connectivity index (χ0) is 27.1. The van der Waals surface area contributed by atoms with Crippen LogP contribution in [0.4, 0.5) is 0 Å². The Morgan fingerprint density at radius 1 is 1.16 bits per heavy atom. The summed E-state index contributed by atoms with van der Waals surface area (Å²) in [4.78, 5) is 16.6. The molecule has 0 radical (unpaired) electrons. The Balaban J connectivity index is 1.32. The number of hydrogen-bond acceptors (Lipinski definition) is 8. The minimum atomic E-state index is -0.838. The molecule has 3 atom stereocenters. The van der Waals surface area contributed by atoms with Gasteiger partial charge in [-0.3, -0.25) is 9.78 Å². The van der Waals surface area contributed by atoms with E-state index in [0.717, 1.165) is 29.0 Å². The smallest absolute Gasteiger partial charge is 0.231 e. The molecule has 1 aromatic carbocycles. The van der Waals surface area contributed by atoms with Crippen LogP contribution in [0.2, 0.25) is 0 Å². The van der Waals surface area contributed by atoms with E-state index in [1.807, 2.05) is 18.2 Å². The summed E-state index contributed by atoms with van der Waals surface area (Å²) >= 11 is 0. The first kappa shape index (κ1) is 26.7. The number of benzene rings is 1. The number of nitrogens with one attached hydrogen (secondary N) is 2. The summed E-state index contributed by atoms with van der Waals surface area (Å²) in [5, 5.41) is 27.7. The number of carbonyl (C=O) groups excluding carboxylic acids is 1. The minimum Gasteiger partial charge on any atom is -0.485 e. The highest BCUT2D eigenvalue weighted by Gasteiger charge is 2.50. The number of ether oxygens (including phenoxy) is 3. The Morgan fingerprint density at radius 3 is 2.63 bits per heavy atom. The lowest BCUT2D eigenvalue weighted by atomic mass is 9.71. The molecule has 1 spiro atoms. The first-order chi connectivity index (χ1) is 18.0. The van der Waals surface area contributed by atoms with E-state index < -0.39 is 17.7 Å². The normalized spacial score (nSPS) is 25.2. The molecule has 0 saturated heterocycles. The van der Waals surface area contributed by atoms with Gasteiger partial charge in [0.1, 0.15) is 11.4 Å². The molecular weight excluding hydrogens is 486 g/mol. The molecule has 9 nitrogen and oxygen atoms in total. The van der Waals surface area contributed by atoms with Crippen molar-refractivity contribution in [2.75, 3.05) is 13.3 Å². The second kappa shape index (κ2) is 10.4. The molecule has 3 heterocycles. The summed E-state index contributed by atoms with van der Waals surface area (Å²) in [6.45, 7) is 8.47. The summed E-state index contributed by atoms with van der Waals surface area (Å²) in [6.07, 6.45) is 3.73. The summed E-state index contributed by atoms with van der Waals surface area (Å²) < 4.78 is 17.2. The van der Waals surface area contributed by atoms with Crippen LogP contribution in [0.1, 0.15) is 69.8 Å². The molecule has 3 aliphatic rings. The molecule has 1 aromatic heterocycles. The van der Waals surface area contributed by atoms with Crippen LogP contribution in [0.5, 0.6) is 17.2 Å². The van der Waals surface area contributed by atoms with Gasteiger partial charge in [0.15, 0.2) is 11.5 Å². The highest BCUT2D eigenvalue weighted by Crippen LogP contribution is 2.49. The van der Waals surface area contributed by atoms with Gasteiger partial charge >= 0.3 is 0 Å². The number of aliphatic hydroxyl groups is 2. The predicted octanol–water partition coefficient (Wildman–Crippen LogP) is 2.81. The molecule has 1 fully saturated rings. The fourth-order valence-electron chi connectivity index (χ4n) is 5.76. The highest BCUT2D eigenvalue weighted by molar-refractivity contribution is 5.73. The maximum absolute atomic E-state index is 12.0. The molecule has 9 heteroatoms. The van der Waals surface area contributed by atoms with Crippen molar-refractivity contribution in [3.63, 3.8) is 0 Å². The zero-order valence-electron chi connectivity index (χ0n) is 22.6. The van der Waals surface area contributed by atoms with Crippen LogP contribution in [-0.2, 0) is 17.6 Å². The topological polar surface area (TPSA) is 122 Å². The number of pyridine rings is 1. The van der Waals surface area contributed by atoms with E-state index in [1.54, 1.807) is 6.20 Å². The predicted molar refractivity (Wildman–Crippen MR) is 141 cm³/mol. The fourth-order valence-corrected chi connectivity index (χ4v) is 5.76. The van der Waals surface area contributed by atoms with Gasteiger partial charge in [-0.05, 0) is 42.0 Å². The average Bonchev–Trinajstić information content (AvgIpc) is 3.28. The molecule has 0 bridgehead atoms. The van der Waals surface area contributed by atoms with E-state index in [0.29, 0.717) is 37.2 Å². The third-order valence-electron chi connectivity index (χ3n) is 7.48. The summed E-state index contributed by atoms with van der Waals surface area (Å²) in [7, 11) is 0. The molecule has 0 unspecified atom stereocenters. The van der Waals surface area contributed by atoms with Crippen molar-refractivity contribution in [3.8, 4) is 17.2 Å². The number of amides is 1. The van der Waals surface area contributed by atoms with Gasteiger partial charge in [-0.15, -0.1) is 0 Å². The van der Waals surface area contributed by atoms with Gasteiger partial charge in [0.05, 0.1) is 24.4 Å². The van der Waals surface area contributed by atoms with Gasteiger partial charge in [-0.25, -0.2) is 0 Å². The molecule has 5 rings (SSSR count). The monoisotopic (exact) mass is 525 g/mol. The van der Waals surface area contributed by atoms with Gasteiger partial charge in [-0.1, -0.05) is 26.8 Å². The maximum atomic E-state index is 12.0. The van der Waals surface area contributed by atoms with Gasteiger partial charge in [0, 0.05) is 50.0 Å². The third kappa shape index (κ3) is 6.06. The van der Waals surface area contributed by atoms with Crippen LogP contribution < -0.4 is 24.8 Å². The van der Waals surface area contributed by atoms with Crippen molar-refractivity contribution in [2.45, 2.75) is 89.7 Å². The average molecular weight is 526 g/mol. The lowest BCUT2D eigenvalue weighted by Crippen LogP contribution is -2.56. The number of aromatic nitrogens is 1. The number of aliphatic hydroxyl groups excluding tert-OH is 2. The van der Waals surface area contributed by atoms with Crippen LogP contribution in [0.25, 0.3) is 0 Å². The number of carbonyl (C=O) groups is 1. The molecule has 2 aliphatic heterocycles. The fraction of sp³-hybridized carbons (Fsp3) is 0.586. The van der Waals surface area contributed by atoms with Crippen molar-refractivity contribution in [1.82, 2.24) is 15.6 Å². The van der Waals surface area contributed by atoms with Gasteiger partial charge in [0.2, 0.25) is 12.7 Å². The lowest BCUT2D eigenvalue weighted by Gasteiger charge is -2.50. The van der Waals surface area contributed by atoms with Crippen molar-refractivity contribution in [1.29, 1.82) is 0 Å². The molecule has 206 valence electrons. The number of fused-ring (bicyclic) bond motifs is 2. The number of hydrogen-bond donors (Lipinski definition) is 4. The van der Waals surface area contributed by atoms with Gasteiger partial charge in [-0.2, -0.15) is 0 Å². The minimum absolute atomic E-state index is 0.0776. The zero-order valence-corrected chi connectivity index (χ0v) is 22.6. The Labute approximate surface area is 223 Å². The second-order valence-corrected chi connectivity index (χ2v) is 12.2. The Morgan fingerprint density at radius 2 is 1.92 bits per heavy atom. The van der Waals surface area contributed by atoms with Crippen molar-refractivity contribution >= 4 is 5.91 Å². The standard InChI is InChI=1S/C29H39N3O6/c1-17(33)32-22(7-18-5-6-25-26(8-18)37-16-36-25)24(35)14-31-23-13-29(11-20(34)12-29)38-27-15-30-19(9-21(23)27)10-28(2,3)4/h5-6,8-9,15,20,22-24,31,34-35H,7,10-14,16H2,1-4H3,(H,32,33)/t20-,22-,23-,24+,29+/m0/s1. The van der Waals surface area contributed by atoms with Crippen molar-refractivity contribution < 1.29 is 29.2 Å². The molecule has 38 heavy (non-hydrogen) atoms. The van der Waals surface area contributed by atoms with Crippen LogP contribution in [0, 0.1) is 5.41 Å². The first-order valence-electron chi connectivity index (χ1n) is 13.4. The van der Waals surface area contributed by atoms with E-state index in [-0.39, 0.29) is 36.8 Å². The van der Waals surface area contributed by atoms with E-state index in [9.17, 15) is 15.0 Å². The largest absolute Gasteiger partial charge is 0.485 e. The van der Waals surface area contributed by atoms with Crippen LogP contribution in [0.15, 0.2) is 30.5 Å². The van der Waals surface area contributed by atoms with Gasteiger partial charge < -0.3 is 35.1 Å². The molecule has 2 aromatic rings. The van der Waals surface area contributed by atoms with Crippen LogP contribution in [-0.4, -0.2) is 58.3 Å². The molecule has 1 aliphatic carbocycles. The molecule has 4 N–H and O–H groups in total.